The molecule has 4 aliphatic heterocycles. The van der Waals surface area contributed by atoms with Crippen LogP contribution in [0.3, 0.4) is 0 Å². The van der Waals surface area contributed by atoms with Gasteiger partial charge in [-0.25, -0.2) is 19.6 Å². The Hall–Kier alpha value is -6.16. The lowest BCUT2D eigenvalue weighted by Gasteiger charge is -2.39. The standard InChI is InChI=1S/C50H62N8O8/c1-9-25(2)42(55-49(61)63-7)47(59)57-26(3)10-16-39(57)45-51-23-38(53-45)31-12-14-34-33(20-31)24-65-41-22-35-30(21-36(34)41)13-15-37-44(35)54-46(52-37)40-17-11-27(4)58(40)48(60)43(56-50(62)64-8)32-18-28(5)66-29(6)19-32/h12-15,20-23,25-29,32,39-40,42-43H,9-11,16-19,24H2,1-8H3,(H,51,53)(H,52,54)(H,55,61)(H,56,62)/t25?,26-,27-,28+,29?,32?,39-,40-,42-,43-/m0/s1. The van der Waals surface area contributed by atoms with Crippen LogP contribution in [0.1, 0.15) is 116 Å². The van der Waals surface area contributed by atoms with Crippen molar-refractivity contribution in [2.75, 3.05) is 14.2 Å². The molecular formula is C50H62N8O8. The quantitative estimate of drug-likeness (QED) is 0.106. The number of H-pyrrole nitrogens is 2. The number of rotatable bonds is 10. The number of fused-ring (bicyclic) bond motifs is 6. The van der Waals surface area contributed by atoms with Crippen molar-refractivity contribution in [2.45, 2.75) is 142 Å². The number of nitrogens with one attached hydrogen (secondary N) is 4. The number of ether oxygens (including phenoxy) is 4. The number of nitrogens with zero attached hydrogens (tertiary/aromatic N) is 4. The smallest absolute Gasteiger partial charge is 0.407 e. The molecule has 3 fully saturated rings. The molecule has 3 aromatic carbocycles. The van der Waals surface area contributed by atoms with Gasteiger partial charge in [0.1, 0.15) is 36.1 Å². The number of imidazole rings is 2. The predicted molar refractivity (Wildman–Crippen MR) is 248 cm³/mol. The van der Waals surface area contributed by atoms with Gasteiger partial charge in [0.05, 0.1) is 61.4 Å². The summed E-state index contributed by atoms with van der Waals surface area (Å²) in [4.78, 5) is 74.4. The van der Waals surface area contributed by atoms with Crippen LogP contribution in [-0.2, 0) is 30.4 Å². The third-order valence-corrected chi connectivity index (χ3v) is 14.6. The van der Waals surface area contributed by atoms with E-state index in [1.165, 1.54) is 14.2 Å². The van der Waals surface area contributed by atoms with Crippen LogP contribution in [0.4, 0.5) is 9.59 Å². The van der Waals surface area contributed by atoms with Gasteiger partial charge in [0.2, 0.25) is 11.8 Å². The van der Waals surface area contributed by atoms with E-state index in [0.717, 1.165) is 87.6 Å². The Bertz CT molecular complexity index is 2650. The first-order chi connectivity index (χ1) is 31.8. The molecule has 0 aliphatic carbocycles. The normalized spacial score (nSPS) is 25.1. The van der Waals surface area contributed by atoms with Crippen molar-refractivity contribution in [3.8, 4) is 28.1 Å². The Morgan fingerprint density at radius 3 is 2.20 bits per heavy atom. The summed E-state index contributed by atoms with van der Waals surface area (Å²) in [5, 5.41) is 7.64. The highest BCUT2D eigenvalue weighted by Gasteiger charge is 2.45. The topological polar surface area (TPSA) is 193 Å². The van der Waals surface area contributed by atoms with E-state index in [9.17, 15) is 19.2 Å². The van der Waals surface area contributed by atoms with Gasteiger partial charge in [0.25, 0.3) is 0 Å². The lowest BCUT2D eigenvalue weighted by molar-refractivity contribution is -0.140. The molecule has 2 aromatic heterocycles. The zero-order chi connectivity index (χ0) is 46.6. The first kappa shape index (κ1) is 45.0. The Labute approximate surface area is 384 Å². The Morgan fingerprint density at radius 2 is 1.50 bits per heavy atom. The third-order valence-electron chi connectivity index (χ3n) is 14.6. The van der Waals surface area contributed by atoms with Gasteiger partial charge in [0, 0.05) is 23.0 Å². The fourth-order valence-electron chi connectivity index (χ4n) is 11.0. The first-order valence-corrected chi connectivity index (χ1v) is 23.5. The number of hydrogen-bond donors (Lipinski definition) is 4. The molecule has 4 N–H and O–H groups in total. The summed E-state index contributed by atoms with van der Waals surface area (Å²) in [6.07, 6.45) is 5.65. The summed E-state index contributed by atoms with van der Waals surface area (Å²) >= 11 is 0. The van der Waals surface area contributed by atoms with Gasteiger partial charge in [0.15, 0.2) is 0 Å². The molecule has 3 unspecified atom stereocenters. The summed E-state index contributed by atoms with van der Waals surface area (Å²) < 4.78 is 22.3. The summed E-state index contributed by atoms with van der Waals surface area (Å²) in [6.45, 7) is 12.5. The fourth-order valence-corrected chi connectivity index (χ4v) is 11.0. The van der Waals surface area contributed by atoms with Gasteiger partial charge < -0.3 is 49.3 Å². The van der Waals surface area contributed by atoms with Gasteiger partial charge in [-0.05, 0) is 124 Å². The summed E-state index contributed by atoms with van der Waals surface area (Å²) in [5.41, 5.74) is 6.58. The average molecular weight is 903 g/mol. The molecule has 0 spiro atoms. The van der Waals surface area contributed by atoms with E-state index < -0.39 is 24.3 Å². The van der Waals surface area contributed by atoms with Crippen molar-refractivity contribution < 1.29 is 38.1 Å². The molecule has 0 saturated carbocycles. The Morgan fingerprint density at radius 1 is 0.818 bits per heavy atom. The number of benzene rings is 3. The second-order valence-corrected chi connectivity index (χ2v) is 19.0. The molecule has 6 heterocycles. The van der Waals surface area contributed by atoms with E-state index in [4.69, 9.17) is 28.9 Å². The van der Waals surface area contributed by atoms with Crippen molar-refractivity contribution in [3.63, 3.8) is 0 Å². The molecule has 0 radical (unpaired) electrons. The third kappa shape index (κ3) is 8.32. The molecule has 9 rings (SSSR count). The molecule has 66 heavy (non-hydrogen) atoms. The maximum absolute atomic E-state index is 14.6. The highest BCUT2D eigenvalue weighted by atomic mass is 16.5. The highest BCUT2D eigenvalue weighted by Crippen LogP contribution is 2.44. The van der Waals surface area contributed by atoms with E-state index in [2.05, 4.69) is 63.9 Å². The number of amides is 4. The fraction of sp³-hybridized carbons (Fsp3) is 0.520. The molecule has 3 saturated heterocycles. The Kier molecular flexibility index (Phi) is 12.5. The van der Waals surface area contributed by atoms with Crippen LogP contribution in [0.25, 0.3) is 44.2 Å². The van der Waals surface area contributed by atoms with Crippen molar-refractivity contribution in [1.29, 1.82) is 0 Å². The number of aromatic amines is 2. The maximum atomic E-state index is 14.6. The number of alkyl carbamates (subject to hydrolysis) is 2. The lowest BCUT2D eigenvalue weighted by atomic mass is 9.85. The van der Waals surface area contributed by atoms with Crippen LogP contribution >= 0.6 is 0 Å². The van der Waals surface area contributed by atoms with Crippen molar-refractivity contribution >= 4 is 45.8 Å². The largest absolute Gasteiger partial charge is 0.488 e. The zero-order valence-electron chi connectivity index (χ0n) is 39.1. The molecule has 16 heteroatoms. The van der Waals surface area contributed by atoms with Crippen molar-refractivity contribution in [1.82, 2.24) is 40.4 Å². The van der Waals surface area contributed by atoms with Crippen LogP contribution in [0.2, 0.25) is 0 Å². The zero-order valence-corrected chi connectivity index (χ0v) is 39.1. The van der Waals surface area contributed by atoms with Crippen LogP contribution < -0.4 is 15.4 Å². The average Bonchev–Trinajstić information content (AvgIpc) is 4.14. The first-order valence-electron chi connectivity index (χ1n) is 23.5. The van der Waals surface area contributed by atoms with Crippen LogP contribution in [0.15, 0.2) is 48.7 Å². The van der Waals surface area contributed by atoms with E-state index in [0.29, 0.717) is 31.1 Å². The number of carbonyl (C=O) groups is 4. The van der Waals surface area contributed by atoms with Crippen molar-refractivity contribution in [3.05, 3.63) is 65.9 Å². The molecule has 16 nitrogen and oxygen atoms in total. The number of hydrogen-bond acceptors (Lipinski definition) is 10. The minimum Gasteiger partial charge on any atom is -0.488 e. The molecular weight excluding hydrogens is 841 g/mol. The summed E-state index contributed by atoms with van der Waals surface area (Å²) in [5.74, 6) is 1.74. The molecule has 350 valence electrons. The van der Waals surface area contributed by atoms with Gasteiger partial charge in [-0.3, -0.25) is 9.59 Å². The molecule has 4 amide bonds. The van der Waals surface area contributed by atoms with E-state index in [1.54, 1.807) is 0 Å². The monoisotopic (exact) mass is 902 g/mol. The number of likely N-dealkylation sites (tertiary alicyclic amines) is 2. The number of carbonyl (C=O) groups excluding carboxylic acids is 4. The van der Waals surface area contributed by atoms with Gasteiger partial charge in [-0.1, -0.05) is 38.5 Å². The molecule has 5 aromatic rings. The SMILES string of the molecule is CCC(C)[C@H](NC(=O)OC)C(=O)N1[C@@H](C)CC[C@H]1c1ncc(-c2ccc3c(c2)COc2cc4c(ccc5[nH]c([C@@H]6CC[C@H](C)N6C(=O)[C@@H](NC(=O)OC)C6CC(C)O[C@H](C)C6)nc54)cc2-3)[nH]1. The van der Waals surface area contributed by atoms with Crippen LogP contribution in [-0.4, -0.2) is 104 Å². The molecule has 10 atom stereocenters. The molecule has 0 bridgehead atoms. The van der Waals surface area contributed by atoms with E-state index in [1.807, 2.05) is 56.7 Å². The van der Waals surface area contributed by atoms with E-state index >= 15 is 0 Å². The van der Waals surface area contributed by atoms with Crippen LogP contribution in [0, 0.1) is 11.8 Å². The maximum Gasteiger partial charge on any atom is 0.407 e. The molecule has 4 aliphatic rings. The van der Waals surface area contributed by atoms with E-state index in [-0.39, 0.29) is 60.0 Å². The van der Waals surface area contributed by atoms with Crippen molar-refractivity contribution in [2.24, 2.45) is 11.8 Å². The predicted octanol–water partition coefficient (Wildman–Crippen LogP) is 8.47. The van der Waals surface area contributed by atoms with Gasteiger partial charge in [-0.2, -0.15) is 0 Å². The summed E-state index contributed by atoms with van der Waals surface area (Å²) in [7, 11) is 2.62. The van der Waals surface area contributed by atoms with Gasteiger partial charge in [-0.15, -0.1) is 0 Å². The number of methoxy groups -OCH3 is 2. The van der Waals surface area contributed by atoms with Crippen LogP contribution in [0.5, 0.6) is 5.75 Å². The number of aromatic nitrogens is 4. The summed E-state index contributed by atoms with van der Waals surface area (Å²) in [6, 6.07) is 12.6. The minimum atomic E-state index is -0.755. The van der Waals surface area contributed by atoms with Gasteiger partial charge >= 0.3 is 12.2 Å². The highest BCUT2D eigenvalue weighted by molar-refractivity contribution is 6.07. The lowest BCUT2D eigenvalue weighted by Crippen LogP contribution is -2.55. The Balaban J connectivity index is 0.964. The second-order valence-electron chi connectivity index (χ2n) is 19.0. The second kappa shape index (κ2) is 18.3. The minimum absolute atomic E-state index is 0.0192.